The Morgan fingerprint density at radius 3 is 2.67 bits per heavy atom. The second kappa shape index (κ2) is 5.47. The van der Waals surface area contributed by atoms with E-state index in [0.717, 1.165) is 17.7 Å². The molecule has 1 atom stereocenters. The maximum Gasteiger partial charge on any atom is 0.101 e. The van der Waals surface area contributed by atoms with Crippen molar-refractivity contribution in [1.29, 1.82) is 0 Å². The van der Waals surface area contributed by atoms with E-state index in [0.29, 0.717) is 15.7 Å². The summed E-state index contributed by atoms with van der Waals surface area (Å²) in [6, 6.07) is 3.57. The lowest BCUT2D eigenvalue weighted by atomic mass is 10.2. The topological polar surface area (TPSA) is 30.7 Å². The van der Waals surface area contributed by atoms with E-state index in [-0.39, 0.29) is 5.38 Å². The van der Waals surface area contributed by atoms with Crippen molar-refractivity contribution in [3.8, 4) is 5.69 Å². The number of nitrogens with zero attached hydrogens (tertiary/aromatic N) is 3. The van der Waals surface area contributed by atoms with Crippen LogP contribution in [0.1, 0.15) is 30.0 Å². The van der Waals surface area contributed by atoms with Gasteiger partial charge in [0.1, 0.15) is 5.69 Å². The zero-order valence-corrected chi connectivity index (χ0v) is 12.3. The lowest BCUT2D eigenvalue weighted by Gasteiger charge is -2.06. The molecule has 6 heteroatoms. The second-order valence-corrected chi connectivity index (χ2v) is 5.36. The Morgan fingerprint density at radius 2 is 2.00 bits per heavy atom. The molecule has 1 aromatic carbocycles. The van der Waals surface area contributed by atoms with E-state index in [1.807, 2.05) is 13.8 Å². The standard InChI is InChI=1S/C12H12Cl3N3/c1-3-8(13)11-6-18(17-16-11)12-5-9(14)7(2)4-10(12)15/h4-6,8H,3H2,1-2H3. The highest BCUT2D eigenvalue weighted by Crippen LogP contribution is 2.28. The normalized spacial score (nSPS) is 12.7. The maximum atomic E-state index is 6.18. The summed E-state index contributed by atoms with van der Waals surface area (Å²) in [5.74, 6) is 0. The number of halogens is 3. The van der Waals surface area contributed by atoms with Crippen LogP contribution in [0.25, 0.3) is 5.69 Å². The predicted octanol–water partition coefficient (Wildman–Crippen LogP) is 4.57. The Bertz CT molecular complexity index is 566. The van der Waals surface area contributed by atoms with Crippen LogP contribution in [0.2, 0.25) is 10.0 Å². The van der Waals surface area contributed by atoms with Gasteiger partial charge >= 0.3 is 0 Å². The van der Waals surface area contributed by atoms with E-state index in [9.17, 15) is 0 Å². The highest BCUT2D eigenvalue weighted by Gasteiger charge is 2.13. The SMILES string of the molecule is CCC(Cl)c1cn(-c2cc(Cl)c(C)cc2Cl)nn1. The summed E-state index contributed by atoms with van der Waals surface area (Å²) in [7, 11) is 0. The predicted molar refractivity (Wildman–Crippen MR) is 75.0 cm³/mol. The van der Waals surface area contributed by atoms with Gasteiger partial charge in [-0.3, -0.25) is 0 Å². The van der Waals surface area contributed by atoms with Crippen molar-refractivity contribution >= 4 is 34.8 Å². The number of benzene rings is 1. The summed E-state index contributed by atoms with van der Waals surface area (Å²) in [6.07, 6.45) is 2.57. The van der Waals surface area contributed by atoms with Crippen LogP contribution >= 0.6 is 34.8 Å². The lowest BCUT2D eigenvalue weighted by molar-refractivity contribution is 0.786. The Morgan fingerprint density at radius 1 is 1.28 bits per heavy atom. The average molecular weight is 305 g/mol. The van der Waals surface area contributed by atoms with Gasteiger partial charge in [0.25, 0.3) is 0 Å². The molecule has 0 aliphatic rings. The molecule has 0 amide bonds. The Hall–Kier alpha value is -0.770. The number of hydrogen-bond acceptors (Lipinski definition) is 2. The van der Waals surface area contributed by atoms with Crippen LogP contribution in [-0.4, -0.2) is 15.0 Å². The Labute approximate surface area is 121 Å². The third kappa shape index (κ3) is 2.63. The van der Waals surface area contributed by atoms with Crippen molar-refractivity contribution in [3.05, 3.63) is 39.6 Å². The quantitative estimate of drug-likeness (QED) is 0.778. The molecular weight excluding hydrogens is 293 g/mol. The summed E-state index contributed by atoms with van der Waals surface area (Å²) >= 11 is 18.4. The van der Waals surface area contributed by atoms with E-state index in [4.69, 9.17) is 34.8 Å². The fourth-order valence-corrected chi connectivity index (χ4v) is 2.12. The molecule has 2 aromatic rings. The minimum absolute atomic E-state index is 0.140. The summed E-state index contributed by atoms with van der Waals surface area (Å²) in [4.78, 5) is 0. The Balaban J connectivity index is 2.43. The van der Waals surface area contributed by atoms with Gasteiger partial charge in [-0.15, -0.1) is 16.7 Å². The molecule has 0 aliphatic heterocycles. The number of aromatic nitrogens is 3. The molecule has 0 saturated carbocycles. The van der Waals surface area contributed by atoms with Crippen molar-refractivity contribution in [3.63, 3.8) is 0 Å². The molecule has 0 N–H and O–H groups in total. The highest BCUT2D eigenvalue weighted by atomic mass is 35.5. The van der Waals surface area contributed by atoms with Gasteiger partial charge in [-0.1, -0.05) is 35.3 Å². The van der Waals surface area contributed by atoms with Crippen LogP contribution in [0.4, 0.5) is 0 Å². The fraction of sp³-hybridized carbons (Fsp3) is 0.333. The van der Waals surface area contributed by atoms with Crippen LogP contribution in [0, 0.1) is 6.92 Å². The molecule has 0 bridgehead atoms. The molecule has 1 unspecified atom stereocenters. The van der Waals surface area contributed by atoms with Crippen molar-refractivity contribution in [2.24, 2.45) is 0 Å². The first kappa shape index (κ1) is 13.7. The smallest absolute Gasteiger partial charge is 0.101 e. The zero-order valence-electron chi connectivity index (χ0n) is 9.99. The largest absolute Gasteiger partial charge is 0.219 e. The molecule has 0 aliphatic carbocycles. The molecule has 3 nitrogen and oxygen atoms in total. The van der Waals surface area contributed by atoms with E-state index in [2.05, 4.69) is 10.3 Å². The lowest BCUT2D eigenvalue weighted by Crippen LogP contribution is -1.96. The summed E-state index contributed by atoms with van der Waals surface area (Å²) < 4.78 is 1.59. The highest BCUT2D eigenvalue weighted by molar-refractivity contribution is 6.35. The van der Waals surface area contributed by atoms with Gasteiger partial charge in [0.2, 0.25) is 0 Å². The van der Waals surface area contributed by atoms with Gasteiger partial charge in [0.05, 0.1) is 22.3 Å². The van der Waals surface area contributed by atoms with E-state index in [1.54, 1.807) is 23.0 Å². The number of aryl methyl sites for hydroxylation is 1. The molecule has 1 heterocycles. The maximum absolute atomic E-state index is 6.18. The monoisotopic (exact) mass is 303 g/mol. The summed E-state index contributed by atoms with van der Waals surface area (Å²) in [5.41, 5.74) is 2.35. The third-order valence-corrected chi connectivity index (χ3v) is 3.91. The molecule has 0 fully saturated rings. The minimum Gasteiger partial charge on any atom is -0.219 e. The molecule has 0 spiro atoms. The summed E-state index contributed by atoms with van der Waals surface area (Å²) in [6.45, 7) is 3.89. The van der Waals surface area contributed by atoms with Gasteiger partial charge in [0, 0.05) is 5.02 Å². The van der Waals surface area contributed by atoms with Crippen LogP contribution in [0.3, 0.4) is 0 Å². The number of alkyl halides is 1. The fourth-order valence-electron chi connectivity index (χ4n) is 1.56. The first-order valence-electron chi connectivity index (χ1n) is 5.55. The number of rotatable bonds is 3. The molecular formula is C12H12Cl3N3. The van der Waals surface area contributed by atoms with Crippen molar-refractivity contribution < 1.29 is 0 Å². The van der Waals surface area contributed by atoms with Crippen LogP contribution in [0.5, 0.6) is 0 Å². The van der Waals surface area contributed by atoms with Gasteiger partial charge in [0.15, 0.2) is 0 Å². The van der Waals surface area contributed by atoms with E-state index < -0.39 is 0 Å². The molecule has 0 saturated heterocycles. The van der Waals surface area contributed by atoms with Crippen LogP contribution < -0.4 is 0 Å². The van der Waals surface area contributed by atoms with Crippen LogP contribution in [-0.2, 0) is 0 Å². The van der Waals surface area contributed by atoms with Gasteiger partial charge < -0.3 is 0 Å². The number of hydrogen-bond donors (Lipinski definition) is 0. The van der Waals surface area contributed by atoms with Crippen molar-refractivity contribution in [1.82, 2.24) is 15.0 Å². The van der Waals surface area contributed by atoms with Crippen molar-refractivity contribution in [2.75, 3.05) is 0 Å². The summed E-state index contributed by atoms with van der Waals surface area (Å²) in [5, 5.41) is 9.14. The van der Waals surface area contributed by atoms with Gasteiger partial charge in [-0.05, 0) is 31.0 Å². The molecule has 1 aromatic heterocycles. The molecule has 2 rings (SSSR count). The molecule has 18 heavy (non-hydrogen) atoms. The van der Waals surface area contributed by atoms with Crippen molar-refractivity contribution in [2.45, 2.75) is 25.6 Å². The van der Waals surface area contributed by atoms with Gasteiger partial charge in [-0.2, -0.15) is 0 Å². The van der Waals surface area contributed by atoms with E-state index in [1.165, 1.54) is 0 Å². The van der Waals surface area contributed by atoms with Crippen LogP contribution in [0.15, 0.2) is 18.3 Å². The zero-order chi connectivity index (χ0) is 13.3. The molecule has 96 valence electrons. The average Bonchev–Trinajstić information content (AvgIpc) is 2.82. The molecule has 0 radical (unpaired) electrons. The van der Waals surface area contributed by atoms with Gasteiger partial charge in [-0.25, -0.2) is 4.68 Å². The first-order valence-corrected chi connectivity index (χ1v) is 6.74. The Kier molecular flexibility index (Phi) is 4.15. The van der Waals surface area contributed by atoms with E-state index >= 15 is 0 Å². The first-order chi connectivity index (χ1) is 8.52. The minimum atomic E-state index is -0.140. The third-order valence-electron chi connectivity index (χ3n) is 2.67. The second-order valence-electron chi connectivity index (χ2n) is 4.02.